The maximum Gasteiger partial charge on any atom is 0.257 e. The summed E-state index contributed by atoms with van der Waals surface area (Å²) in [4.78, 5) is 14.2. The molecule has 1 fully saturated rings. The lowest BCUT2D eigenvalue weighted by Crippen LogP contribution is -2.48. The SMILES string of the molecule is CS(=O)(=O)N1CCN(c2ccc(NC(=S)NC(=O)c3cccc(F)c3)cc2)CC1. The summed E-state index contributed by atoms with van der Waals surface area (Å²) in [6.45, 7) is 2.13. The molecule has 0 saturated carbocycles. The number of benzene rings is 2. The number of anilines is 2. The molecule has 7 nitrogen and oxygen atoms in total. The second-order valence-corrected chi connectivity index (χ2v) is 9.01. The van der Waals surface area contributed by atoms with Gasteiger partial charge in [-0.15, -0.1) is 0 Å². The zero-order valence-electron chi connectivity index (χ0n) is 15.8. The van der Waals surface area contributed by atoms with Crippen LogP contribution in [0.5, 0.6) is 0 Å². The molecule has 0 bridgehead atoms. The summed E-state index contributed by atoms with van der Waals surface area (Å²) < 4.78 is 37.9. The van der Waals surface area contributed by atoms with Crippen molar-refractivity contribution in [2.75, 3.05) is 42.7 Å². The fraction of sp³-hybridized carbons (Fsp3) is 0.263. The van der Waals surface area contributed by atoms with Gasteiger partial charge in [-0.25, -0.2) is 12.8 Å². The van der Waals surface area contributed by atoms with Gasteiger partial charge in [0.15, 0.2) is 5.11 Å². The molecule has 0 atom stereocenters. The maximum atomic E-state index is 13.2. The minimum atomic E-state index is -3.16. The van der Waals surface area contributed by atoms with E-state index in [1.54, 1.807) is 0 Å². The quantitative estimate of drug-likeness (QED) is 0.714. The highest BCUT2D eigenvalue weighted by atomic mass is 32.2. The van der Waals surface area contributed by atoms with E-state index in [1.807, 2.05) is 24.3 Å². The smallest absolute Gasteiger partial charge is 0.257 e. The third-order valence-electron chi connectivity index (χ3n) is 4.51. The lowest BCUT2D eigenvalue weighted by atomic mass is 10.2. The maximum absolute atomic E-state index is 13.2. The van der Waals surface area contributed by atoms with Gasteiger partial charge in [-0.2, -0.15) is 4.31 Å². The molecule has 0 spiro atoms. The summed E-state index contributed by atoms with van der Waals surface area (Å²) in [6, 6.07) is 12.8. The topological polar surface area (TPSA) is 81.8 Å². The summed E-state index contributed by atoms with van der Waals surface area (Å²) in [7, 11) is -3.16. The second kappa shape index (κ2) is 8.85. The number of hydrogen-bond acceptors (Lipinski definition) is 5. The van der Waals surface area contributed by atoms with E-state index in [-0.39, 0.29) is 10.7 Å². The van der Waals surface area contributed by atoms with Gasteiger partial charge in [0.1, 0.15) is 5.82 Å². The molecule has 2 N–H and O–H groups in total. The molecule has 154 valence electrons. The van der Waals surface area contributed by atoms with E-state index in [0.717, 1.165) is 11.8 Å². The summed E-state index contributed by atoms with van der Waals surface area (Å²) in [5.41, 5.74) is 1.84. The van der Waals surface area contributed by atoms with E-state index < -0.39 is 21.7 Å². The van der Waals surface area contributed by atoms with Crippen LogP contribution in [0.2, 0.25) is 0 Å². The molecule has 2 aromatic carbocycles. The van der Waals surface area contributed by atoms with Crippen molar-refractivity contribution in [3.05, 3.63) is 59.9 Å². The van der Waals surface area contributed by atoms with Crippen LogP contribution in [0.1, 0.15) is 10.4 Å². The zero-order chi connectivity index (χ0) is 21.0. The summed E-state index contributed by atoms with van der Waals surface area (Å²) in [6.07, 6.45) is 1.22. The Morgan fingerprint density at radius 3 is 2.31 bits per heavy atom. The number of hydrogen-bond donors (Lipinski definition) is 2. The normalized spacial score (nSPS) is 15.0. The highest BCUT2D eigenvalue weighted by Crippen LogP contribution is 2.20. The van der Waals surface area contributed by atoms with E-state index in [2.05, 4.69) is 15.5 Å². The van der Waals surface area contributed by atoms with Crippen molar-refractivity contribution in [1.82, 2.24) is 9.62 Å². The van der Waals surface area contributed by atoms with Gasteiger partial charge in [0.05, 0.1) is 6.26 Å². The largest absolute Gasteiger partial charge is 0.369 e. The van der Waals surface area contributed by atoms with Crippen molar-refractivity contribution in [3.8, 4) is 0 Å². The minimum absolute atomic E-state index is 0.105. The van der Waals surface area contributed by atoms with Crippen LogP contribution < -0.4 is 15.5 Å². The van der Waals surface area contributed by atoms with Gasteiger partial charge in [-0.1, -0.05) is 6.07 Å². The number of nitrogens with one attached hydrogen (secondary N) is 2. The van der Waals surface area contributed by atoms with Crippen molar-refractivity contribution < 1.29 is 17.6 Å². The van der Waals surface area contributed by atoms with Gasteiger partial charge in [-0.05, 0) is 54.7 Å². The number of piperazine rings is 1. The lowest BCUT2D eigenvalue weighted by molar-refractivity contribution is 0.0977. The number of sulfonamides is 1. The average molecular weight is 437 g/mol. The number of rotatable bonds is 4. The van der Waals surface area contributed by atoms with Crippen LogP contribution in [0.25, 0.3) is 0 Å². The predicted octanol–water partition coefficient (Wildman–Crippen LogP) is 2.03. The molecule has 1 amide bonds. The second-order valence-electron chi connectivity index (χ2n) is 6.61. The summed E-state index contributed by atoms with van der Waals surface area (Å²) in [5, 5.41) is 5.53. The van der Waals surface area contributed by atoms with Gasteiger partial charge < -0.3 is 10.2 Å². The molecule has 1 saturated heterocycles. The molecule has 10 heteroatoms. The van der Waals surface area contributed by atoms with Crippen LogP contribution in [0.15, 0.2) is 48.5 Å². The fourth-order valence-corrected chi connectivity index (χ4v) is 4.04. The molecule has 2 aromatic rings. The van der Waals surface area contributed by atoms with Crippen LogP contribution in [0, 0.1) is 5.82 Å². The first-order chi connectivity index (χ1) is 13.7. The minimum Gasteiger partial charge on any atom is -0.369 e. The Morgan fingerprint density at radius 2 is 1.72 bits per heavy atom. The first-order valence-electron chi connectivity index (χ1n) is 8.90. The van der Waals surface area contributed by atoms with E-state index in [4.69, 9.17) is 12.2 Å². The molecule has 3 rings (SSSR count). The summed E-state index contributed by atoms with van der Waals surface area (Å²) in [5.74, 6) is -0.994. The Bertz CT molecular complexity index is 1000. The Kier molecular flexibility index (Phi) is 6.46. The van der Waals surface area contributed by atoms with Crippen LogP contribution in [-0.4, -0.2) is 56.2 Å². The molecular weight excluding hydrogens is 415 g/mol. The molecule has 29 heavy (non-hydrogen) atoms. The fourth-order valence-electron chi connectivity index (χ4n) is 3.00. The highest BCUT2D eigenvalue weighted by Gasteiger charge is 2.23. The molecule has 1 heterocycles. The van der Waals surface area contributed by atoms with E-state index in [1.165, 1.54) is 28.8 Å². The molecular formula is C19H21FN4O3S2. The third-order valence-corrected chi connectivity index (χ3v) is 6.02. The van der Waals surface area contributed by atoms with Crippen LogP contribution in [0.3, 0.4) is 0 Å². The third kappa shape index (κ3) is 5.72. The van der Waals surface area contributed by atoms with E-state index in [9.17, 15) is 17.6 Å². The van der Waals surface area contributed by atoms with Gasteiger partial charge >= 0.3 is 0 Å². The Morgan fingerprint density at radius 1 is 1.07 bits per heavy atom. The Labute approximate surface area is 174 Å². The predicted molar refractivity (Wildman–Crippen MR) is 115 cm³/mol. The van der Waals surface area contributed by atoms with Crippen molar-refractivity contribution >= 4 is 44.6 Å². The molecule has 0 aromatic heterocycles. The highest BCUT2D eigenvalue weighted by molar-refractivity contribution is 7.88. The van der Waals surface area contributed by atoms with Gasteiger partial charge in [0.2, 0.25) is 10.0 Å². The zero-order valence-corrected chi connectivity index (χ0v) is 17.4. The first kappa shape index (κ1) is 21.2. The van der Waals surface area contributed by atoms with Crippen LogP contribution in [-0.2, 0) is 10.0 Å². The Hall–Kier alpha value is -2.56. The average Bonchev–Trinajstić information content (AvgIpc) is 2.68. The van der Waals surface area contributed by atoms with Crippen molar-refractivity contribution in [2.45, 2.75) is 0 Å². The molecule has 1 aliphatic rings. The number of carbonyl (C=O) groups is 1. The van der Waals surface area contributed by atoms with Gasteiger partial charge in [0.25, 0.3) is 5.91 Å². The number of halogens is 1. The standard InChI is InChI=1S/C19H21FN4O3S2/c1-29(26,27)24-11-9-23(10-12-24)17-7-5-16(6-8-17)21-19(28)22-18(25)14-3-2-4-15(20)13-14/h2-8,13H,9-12H2,1H3,(H2,21,22,25,28). The Balaban J connectivity index is 1.54. The number of carbonyl (C=O) groups excluding carboxylic acids is 1. The summed E-state index contributed by atoms with van der Waals surface area (Å²) >= 11 is 5.14. The van der Waals surface area contributed by atoms with Crippen molar-refractivity contribution in [1.29, 1.82) is 0 Å². The monoisotopic (exact) mass is 436 g/mol. The number of thiocarbonyl (C=S) groups is 1. The molecule has 0 unspecified atom stereocenters. The molecule has 0 radical (unpaired) electrons. The van der Waals surface area contributed by atoms with Crippen molar-refractivity contribution in [3.63, 3.8) is 0 Å². The van der Waals surface area contributed by atoms with Crippen molar-refractivity contribution in [2.24, 2.45) is 0 Å². The van der Waals surface area contributed by atoms with Crippen LogP contribution >= 0.6 is 12.2 Å². The number of nitrogens with zero attached hydrogens (tertiary/aromatic N) is 2. The lowest BCUT2D eigenvalue weighted by Gasteiger charge is -2.34. The molecule has 0 aliphatic carbocycles. The van der Waals surface area contributed by atoms with Gasteiger partial charge in [-0.3, -0.25) is 10.1 Å². The van der Waals surface area contributed by atoms with E-state index in [0.29, 0.717) is 31.9 Å². The van der Waals surface area contributed by atoms with E-state index >= 15 is 0 Å². The van der Waals surface area contributed by atoms with Crippen LogP contribution in [0.4, 0.5) is 15.8 Å². The number of amides is 1. The van der Waals surface area contributed by atoms with Gasteiger partial charge in [0, 0.05) is 43.1 Å². The first-order valence-corrected chi connectivity index (χ1v) is 11.2. The molecule has 1 aliphatic heterocycles.